The minimum atomic E-state index is -1.31. The molecular weight excluding hydrogens is 389 g/mol. The fraction of sp³-hybridized carbons (Fsp3) is 0.455. The Morgan fingerprint density at radius 1 is 1.23 bits per heavy atom. The lowest BCUT2D eigenvalue weighted by molar-refractivity contribution is 0.0695. The predicted molar refractivity (Wildman–Crippen MR) is 111 cm³/mol. The second-order valence-electron chi connectivity index (χ2n) is 8.50. The van der Waals surface area contributed by atoms with Crippen LogP contribution in [0.2, 0.25) is 0 Å². The fourth-order valence-corrected chi connectivity index (χ4v) is 4.77. The second-order valence-corrected chi connectivity index (χ2v) is 8.50. The van der Waals surface area contributed by atoms with Crippen LogP contribution in [-0.4, -0.2) is 60.9 Å². The van der Waals surface area contributed by atoms with Gasteiger partial charge < -0.3 is 24.2 Å². The van der Waals surface area contributed by atoms with Crippen LogP contribution in [0.5, 0.6) is 5.75 Å². The molecule has 1 aliphatic carbocycles. The highest BCUT2D eigenvalue weighted by Crippen LogP contribution is 2.45. The maximum absolute atomic E-state index is 15.4. The first-order chi connectivity index (χ1) is 14.4. The first kappa shape index (κ1) is 19.1. The summed E-state index contributed by atoms with van der Waals surface area (Å²) in [4.78, 5) is 28.6. The van der Waals surface area contributed by atoms with Crippen LogP contribution in [0.3, 0.4) is 0 Å². The number of aromatic nitrogens is 1. The van der Waals surface area contributed by atoms with Gasteiger partial charge in [0.15, 0.2) is 11.6 Å². The van der Waals surface area contributed by atoms with Gasteiger partial charge in [0.25, 0.3) is 0 Å². The van der Waals surface area contributed by atoms with Gasteiger partial charge in [0.1, 0.15) is 11.3 Å². The van der Waals surface area contributed by atoms with E-state index in [-0.39, 0.29) is 17.0 Å². The normalized spacial score (nSPS) is 19.5. The van der Waals surface area contributed by atoms with Crippen molar-refractivity contribution in [2.24, 2.45) is 0 Å². The van der Waals surface area contributed by atoms with Crippen molar-refractivity contribution >= 4 is 22.6 Å². The highest BCUT2D eigenvalue weighted by Gasteiger charge is 2.34. The number of pyridine rings is 1. The monoisotopic (exact) mass is 413 g/mol. The number of rotatable bonds is 4. The SMILES string of the molecule is COc1c(N2CC3=C(CN(C)CC3)C2)c(F)cc2c(=O)c(C(=O)O)cn(C3CC3)c12. The van der Waals surface area contributed by atoms with Gasteiger partial charge in [0.05, 0.1) is 18.0 Å². The number of hydrogen-bond acceptors (Lipinski definition) is 5. The van der Waals surface area contributed by atoms with E-state index in [9.17, 15) is 14.7 Å². The van der Waals surface area contributed by atoms with Crippen LogP contribution in [0.15, 0.2) is 28.2 Å². The molecule has 2 aromatic rings. The van der Waals surface area contributed by atoms with E-state index in [4.69, 9.17) is 4.74 Å². The number of ether oxygens (including phenoxy) is 1. The smallest absolute Gasteiger partial charge is 0.341 e. The maximum atomic E-state index is 15.4. The number of carbonyl (C=O) groups is 1. The number of carboxylic acid groups (broad SMARTS) is 1. The number of anilines is 1. The number of benzene rings is 1. The van der Waals surface area contributed by atoms with Gasteiger partial charge in [-0.15, -0.1) is 0 Å². The molecule has 2 aliphatic heterocycles. The lowest BCUT2D eigenvalue weighted by Gasteiger charge is -2.25. The average Bonchev–Trinajstić information content (AvgIpc) is 3.46. The Morgan fingerprint density at radius 2 is 1.97 bits per heavy atom. The highest BCUT2D eigenvalue weighted by molar-refractivity contribution is 5.97. The zero-order valence-corrected chi connectivity index (χ0v) is 17.1. The van der Waals surface area contributed by atoms with Gasteiger partial charge >= 0.3 is 5.97 Å². The van der Waals surface area contributed by atoms with Crippen molar-refractivity contribution in [2.45, 2.75) is 25.3 Å². The predicted octanol–water partition coefficient (Wildman–Crippen LogP) is 2.63. The number of carboxylic acids is 1. The van der Waals surface area contributed by atoms with Crippen molar-refractivity contribution in [1.82, 2.24) is 9.47 Å². The van der Waals surface area contributed by atoms with Crippen LogP contribution in [0.1, 0.15) is 35.7 Å². The number of nitrogens with zero attached hydrogens (tertiary/aromatic N) is 3. The molecule has 1 fully saturated rings. The van der Waals surface area contributed by atoms with Crippen LogP contribution in [0.25, 0.3) is 10.9 Å². The van der Waals surface area contributed by atoms with Crippen molar-refractivity contribution in [3.8, 4) is 5.75 Å². The van der Waals surface area contributed by atoms with Crippen molar-refractivity contribution in [1.29, 1.82) is 0 Å². The summed E-state index contributed by atoms with van der Waals surface area (Å²) in [6.45, 7) is 3.13. The molecule has 1 saturated carbocycles. The molecule has 0 unspecified atom stereocenters. The first-order valence-corrected chi connectivity index (χ1v) is 10.2. The van der Waals surface area contributed by atoms with Crippen molar-refractivity contribution < 1.29 is 19.0 Å². The molecule has 3 aliphatic rings. The van der Waals surface area contributed by atoms with Gasteiger partial charge in [-0.2, -0.15) is 0 Å². The standard InChI is InChI=1S/C22H24FN3O4/c1-24-6-5-12-9-25(10-13(12)8-24)19-17(23)7-15-18(21(19)30-2)26(14-3-4-14)11-16(20(15)27)22(28)29/h7,11,14H,3-6,8-10H2,1-2H3,(H,28,29). The van der Waals surface area contributed by atoms with Crippen LogP contribution in [0, 0.1) is 5.82 Å². The summed E-state index contributed by atoms with van der Waals surface area (Å²) in [5.41, 5.74) is 2.46. The van der Waals surface area contributed by atoms with E-state index < -0.39 is 17.2 Å². The topological polar surface area (TPSA) is 75.0 Å². The molecule has 0 atom stereocenters. The Kier molecular flexibility index (Phi) is 4.36. The number of halogens is 1. The third kappa shape index (κ3) is 2.89. The van der Waals surface area contributed by atoms with E-state index in [0.29, 0.717) is 30.0 Å². The largest absolute Gasteiger partial charge is 0.492 e. The Bertz CT molecular complexity index is 1170. The van der Waals surface area contributed by atoms with Crippen LogP contribution in [0.4, 0.5) is 10.1 Å². The Hall–Kier alpha value is -2.87. The summed E-state index contributed by atoms with van der Waals surface area (Å²) in [6, 6.07) is 1.28. The number of fused-ring (bicyclic) bond motifs is 1. The summed E-state index contributed by atoms with van der Waals surface area (Å²) in [6.07, 6.45) is 4.13. The van der Waals surface area contributed by atoms with Gasteiger partial charge in [0, 0.05) is 38.4 Å². The molecule has 3 heterocycles. The third-order valence-electron chi connectivity index (χ3n) is 6.41. The average molecular weight is 413 g/mol. The van der Waals surface area contributed by atoms with Crippen molar-refractivity contribution in [3.63, 3.8) is 0 Å². The molecule has 0 saturated heterocycles. The minimum absolute atomic E-state index is 0.0524. The molecule has 158 valence electrons. The molecule has 0 amide bonds. The zero-order chi connectivity index (χ0) is 21.2. The summed E-state index contributed by atoms with van der Waals surface area (Å²) in [5.74, 6) is -1.56. The third-order valence-corrected chi connectivity index (χ3v) is 6.41. The molecule has 5 rings (SSSR count). The van der Waals surface area contributed by atoms with Crippen molar-refractivity contribution in [2.75, 3.05) is 45.2 Å². The van der Waals surface area contributed by atoms with Gasteiger partial charge in [-0.05, 0) is 43.5 Å². The zero-order valence-electron chi connectivity index (χ0n) is 17.1. The van der Waals surface area contributed by atoms with E-state index in [0.717, 1.165) is 32.4 Å². The van der Waals surface area contributed by atoms with Gasteiger partial charge in [-0.1, -0.05) is 0 Å². The first-order valence-electron chi connectivity index (χ1n) is 10.2. The lowest BCUT2D eigenvalue weighted by atomic mass is 10.0. The van der Waals surface area contributed by atoms with E-state index in [2.05, 4.69) is 11.9 Å². The van der Waals surface area contributed by atoms with E-state index in [1.807, 2.05) is 4.90 Å². The van der Waals surface area contributed by atoms with Crippen molar-refractivity contribution in [3.05, 3.63) is 45.0 Å². The maximum Gasteiger partial charge on any atom is 0.341 e. The number of aromatic carboxylic acids is 1. The second kappa shape index (κ2) is 6.84. The molecule has 1 aromatic carbocycles. The molecule has 0 radical (unpaired) electrons. The molecule has 8 heteroatoms. The van der Waals surface area contributed by atoms with Crippen LogP contribution < -0.4 is 15.1 Å². The molecule has 0 bridgehead atoms. The summed E-state index contributed by atoms with van der Waals surface area (Å²) in [5, 5.41) is 9.51. The minimum Gasteiger partial charge on any atom is -0.492 e. The van der Waals surface area contributed by atoms with E-state index in [1.54, 1.807) is 4.57 Å². The summed E-state index contributed by atoms with van der Waals surface area (Å²) in [7, 11) is 3.56. The van der Waals surface area contributed by atoms with Gasteiger partial charge in [-0.25, -0.2) is 9.18 Å². The summed E-state index contributed by atoms with van der Waals surface area (Å²) >= 11 is 0. The van der Waals surface area contributed by atoms with Gasteiger partial charge in [0.2, 0.25) is 5.43 Å². The van der Waals surface area contributed by atoms with Crippen LogP contribution in [-0.2, 0) is 0 Å². The molecule has 30 heavy (non-hydrogen) atoms. The molecule has 1 N–H and O–H groups in total. The van der Waals surface area contributed by atoms with E-state index in [1.165, 1.54) is 30.5 Å². The summed E-state index contributed by atoms with van der Waals surface area (Å²) < 4.78 is 22.9. The molecule has 7 nitrogen and oxygen atoms in total. The highest BCUT2D eigenvalue weighted by atomic mass is 19.1. The Labute approximate surface area is 172 Å². The van der Waals surface area contributed by atoms with Gasteiger partial charge in [-0.3, -0.25) is 4.79 Å². The molecule has 1 aromatic heterocycles. The lowest BCUT2D eigenvalue weighted by Crippen LogP contribution is -2.28. The fourth-order valence-electron chi connectivity index (χ4n) is 4.77. The van der Waals surface area contributed by atoms with Crippen LogP contribution >= 0.6 is 0 Å². The number of hydrogen-bond donors (Lipinski definition) is 1. The number of methoxy groups -OCH3 is 1. The molecular formula is C22H24FN3O4. The Morgan fingerprint density at radius 3 is 2.63 bits per heavy atom. The quantitative estimate of drug-likeness (QED) is 0.777. The Balaban J connectivity index is 1.70. The number of likely N-dealkylation sites (N-methyl/N-ethyl adjacent to an activating group) is 1. The van der Waals surface area contributed by atoms with E-state index >= 15 is 4.39 Å². The molecule has 0 spiro atoms.